The van der Waals surface area contributed by atoms with Crippen molar-refractivity contribution in [1.29, 1.82) is 0 Å². The van der Waals surface area contributed by atoms with Crippen molar-refractivity contribution in [3.63, 3.8) is 0 Å². The Balaban J connectivity index is 2.83. The molecule has 4 nitrogen and oxygen atoms in total. The van der Waals surface area contributed by atoms with Gasteiger partial charge in [0.1, 0.15) is 4.90 Å². The van der Waals surface area contributed by atoms with E-state index < -0.39 is 10.0 Å². The predicted octanol–water partition coefficient (Wildman–Crippen LogP) is 1.99. The molecule has 17 heavy (non-hydrogen) atoms. The molecule has 0 saturated heterocycles. The van der Waals surface area contributed by atoms with Gasteiger partial charge < -0.3 is 5.32 Å². The Morgan fingerprint density at radius 2 is 2.06 bits per heavy atom. The highest BCUT2D eigenvalue weighted by Gasteiger charge is 2.20. The second-order valence-corrected chi connectivity index (χ2v) is 6.27. The lowest BCUT2D eigenvalue weighted by molar-refractivity contribution is 0.577. The molecule has 7 heteroatoms. The lowest BCUT2D eigenvalue weighted by Crippen LogP contribution is -2.32. The third-order valence-electron chi connectivity index (χ3n) is 2.03. The van der Waals surface area contributed by atoms with Crippen LogP contribution in [0.25, 0.3) is 0 Å². The lowest BCUT2D eigenvalue weighted by Gasteiger charge is -2.10. The summed E-state index contributed by atoms with van der Waals surface area (Å²) in [6, 6.07) is 4.87. The zero-order valence-electron chi connectivity index (χ0n) is 9.33. The standard InChI is InChI=1S/C10H14BrClN2O2S/c1-2-13-6-7-14-17(15,16)10-8(11)4-3-5-9(10)12/h3-5,13-14H,2,6-7H2,1H3. The first kappa shape index (κ1) is 14.9. The third-order valence-corrected chi connectivity index (χ3v) is 4.94. The van der Waals surface area contributed by atoms with E-state index in [9.17, 15) is 8.42 Å². The topological polar surface area (TPSA) is 58.2 Å². The van der Waals surface area contributed by atoms with Crippen LogP contribution in [0.5, 0.6) is 0 Å². The Morgan fingerprint density at radius 3 is 2.65 bits per heavy atom. The van der Waals surface area contributed by atoms with Crippen LogP contribution in [0.2, 0.25) is 5.02 Å². The van der Waals surface area contributed by atoms with E-state index in [1.54, 1.807) is 18.2 Å². The van der Waals surface area contributed by atoms with Crippen LogP contribution in [0.4, 0.5) is 0 Å². The molecule has 0 aliphatic heterocycles. The van der Waals surface area contributed by atoms with Crippen molar-refractivity contribution in [2.45, 2.75) is 11.8 Å². The van der Waals surface area contributed by atoms with Crippen LogP contribution in [0.1, 0.15) is 6.92 Å². The summed E-state index contributed by atoms with van der Waals surface area (Å²) in [4.78, 5) is 0.0816. The molecule has 96 valence electrons. The van der Waals surface area contributed by atoms with Crippen LogP contribution in [-0.2, 0) is 10.0 Å². The van der Waals surface area contributed by atoms with E-state index in [4.69, 9.17) is 11.6 Å². The summed E-state index contributed by atoms with van der Waals surface area (Å²) < 4.78 is 26.9. The molecule has 0 amide bonds. The van der Waals surface area contributed by atoms with Crippen molar-refractivity contribution in [2.24, 2.45) is 0 Å². The smallest absolute Gasteiger partial charge is 0.243 e. The SMILES string of the molecule is CCNCCNS(=O)(=O)c1c(Cl)cccc1Br. The molecule has 0 aliphatic rings. The van der Waals surface area contributed by atoms with Gasteiger partial charge in [-0.15, -0.1) is 0 Å². The number of sulfonamides is 1. The third kappa shape index (κ3) is 4.22. The molecule has 0 radical (unpaired) electrons. The fourth-order valence-electron chi connectivity index (χ4n) is 1.26. The monoisotopic (exact) mass is 340 g/mol. The van der Waals surface area contributed by atoms with Crippen molar-refractivity contribution < 1.29 is 8.42 Å². The minimum Gasteiger partial charge on any atom is -0.316 e. The van der Waals surface area contributed by atoms with E-state index >= 15 is 0 Å². The molecule has 0 aliphatic carbocycles. The van der Waals surface area contributed by atoms with Gasteiger partial charge in [0.2, 0.25) is 10.0 Å². The Labute approximate surface area is 115 Å². The fraction of sp³-hybridized carbons (Fsp3) is 0.400. The lowest BCUT2D eigenvalue weighted by atomic mass is 10.4. The first-order valence-electron chi connectivity index (χ1n) is 5.13. The number of hydrogen-bond acceptors (Lipinski definition) is 3. The molecular formula is C10H14BrClN2O2S. The van der Waals surface area contributed by atoms with Gasteiger partial charge in [-0.2, -0.15) is 0 Å². The van der Waals surface area contributed by atoms with Gasteiger partial charge in [-0.05, 0) is 34.6 Å². The molecule has 0 spiro atoms. The van der Waals surface area contributed by atoms with Crippen molar-refractivity contribution in [3.8, 4) is 0 Å². The number of rotatable bonds is 6. The van der Waals surface area contributed by atoms with E-state index in [-0.39, 0.29) is 9.92 Å². The van der Waals surface area contributed by atoms with Crippen LogP contribution in [0.15, 0.2) is 27.6 Å². The Morgan fingerprint density at radius 1 is 1.35 bits per heavy atom. The average molecular weight is 342 g/mol. The fourth-order valence-corrected chi connectivity index (χ4v) is 4.03. The van der Waals surface area contributed by atoms with E-state index in [2.05, 4.69) is 26.0 Å². The van der Waals surface area contributed by atoms with Crippen LogP contribution in [-0.4, -0.2) is 28.1 Å². The highest BCUT2D eigenvalue weighted by atomic mass is 79.9. The van der Waals surface area contributed by atoms with Gasteiger partial charge >= 0.3 is 0 Å². The number of nitrogens with one attached hydrogen (secondary N) is 2. The Bertz CT molecular complexity index is 459. The molecule has 0 atom stereocenters. The van der Waals surface area contributed by atoms with Gasteiger partial charge in [-0.1, -0.05) is 24.6 Å². The molecular weight excluding hydrogens is 328 g/mol. The molecule has 0 aromatic heterocycles. The summed E-state index contributed by atoms with van der Waals surface area (Å²) in [5.74, 6) is 0. The van der Waals surface area contributed by atoms with Gasteiger partial charge in [0, 0.05) is 17.6 Å². The largest absolute Gasteiger partial charge is 0.316 e. The summed E-state index contributed by atoms with van der Waals surface area (Å²) in [5.41, 5.74) is 0. The summed E-state index contributed by atoms with van der Waals surface area (Å²) in [6.07, 6.45) is 0. The minimum absolute atomic E-state index is 0.0816. The maximum Gasteiger partial charge on any atom is 0.243 e. The zero-order chi connectivity index (χ0) is 12.9. The minimum atomic E-state index is -3.57. The highest BCUT2D eigenvalue weighted by molar-refractivity contribution is 9.10. The second-order valence-electron chi connectivity index (χ2n) is 3.30. The Hall–Kier alpha value is -0.140. The summed E-state index contributed by atoms with van der Waals surface area (Å²) in [7, 11) is -3.57. The number of benzene rings is 1. The van der Waals surface area contributed by atoms with Crippen LogP contribution in [0, 0.1) is 0 Å². The molecule has 0 fully saturated rings. The molecule has 2 N–H and O–H groups in total. The first-order valence-corrected chi connectivity index (χ1v) is 7.79. The molecule has 1 rings (SSSR count). The van der Waals surface area contributed by atoms with Crippen LogP contribution < -0.4 is 10.0 Å². The van der Waals surface area contributed by atoms with Crippen molar-refractivity contribution in [1.82, 2.24) is 10.0 Å². The van der Waals surface area contributed by atoms with Gasteiger partial charge in [-0.25, -0.2) is 13.1 Å². The Kier molecular flexibility index (Phi) is 5.88. The van der Waals surface area contributed by atoms with Crippen molar-refractivity contribution in [2.75, 3.05) is 19.6 Å². The molecule has 0 bridgehead atoms. The summed E-state index contributed by atoms with van der Waals surface area (Å²) in [5, 5.41) is 3.23. The summed E-state index contributed by atoms with van der Waals surface area (Å²) >= 11 is 9.08. The molecule has 0 unspecified atom stereocenters. The highest BCUT2D eigenvalue weighted by Crippen LogP contribution is 2.28. The average Bonchev–Trinajstić information content (AvgIpc) is 2.24. The van der Waals surface area contributed by atoms with E-state index in [1.165, 1.54) is 0 Å². The van der Waals surface area contributed by atoms with E-state index in [0.29, 0.717) is 17.6 Å². The maximum absolute atomic E-state index is 12.0. The number of halogens is 2. The number of hydrogen-bond donors (Lipinski definition) is 2. The van der Waals surface area contributed by atoms with E-state index in [0.717, 1.165) is 6.54 Å². The van der Waals surface area contributed by atoms with Gasteiger partial charge in [-0.3, -0.25) is 0 Å². The van der Waals surface area contributed by atoms with Crippen LogP contribution in [0.3, 0.4) is 0 Å². The molecule has 0 saturated carbocycles. The summed E-state index contributed by atoms with van der Waals surface area (Å²) in [6.45, 7) is 3.67. The van der Waals surface area contributed by atoms with Gasteiger partial charge in [0.05, 0.1) is 5.02 Å². The maximum atomic E-state index is 12.0. The normalized spacial score (nSPS) is 11.7. The molecule has 1 aromatic rings. The molecule has 1 aromatic carbocycles. The van der Waals surface area contributed by atoms with Gasteiger partial charge in [0.15, 0.2) is 0 Å². The first-order chi connectivity index (χ1) is 7.99. The van der Waals surface area contributed by atoms with Crippen molar-refractivity contribution in [3.05, 3.63) is 27.7 Å². The van der Waals surface area contributed by atoms with Gasteiger partial charge in [0.25, 0.3) is 0 Å². The van der Waals surface area contributed by atoms with Crippen molar-refractivity contribution >= 4 is 37.6 Å². The second kappa shape index (κ2) is 6.70. The van der Waals surface area contributed by atoms with Crippen LogP contribution >= 0.6 is 27.5 Å². The number of likely N-dealkylation sites (N-methyl/N-ethyl adjacent to an activating group) is 1. The zero-order valence-corrected chi connectivity index (χ0v) is 12.5. The molecule has 0 heterocycles. The quantitative estimate of drug-likeness (QED) is 0.778. The predicted molar refractivity (Wildman–Crippen MR) is 72.9 cm³/mol. The van der Waals surface area contributed by atoms with E-state index in [1.807, 2.05) is 6.92 Å².